The zero-order valence-electron chi connectivity index (χ0n) is 12.2. The molecule has 18 heavy (non-hydrogen) atoms. The number of nitrogens with one attached hydrogen (secondary N) is 1. The van der Waals surface area contributed by atoms with Gasteiger partial charge < -0.3 is 15.0 Å². The van der Waals surface area contributed by atoms with Crippen LogP contribution >= 0.6 is 11.8 Å². The molecule has 0 bridgehead atoms. The molecule has 0 aliphatic carbocycles. The van der Waals surface area contributed by atoms with Crippen LogP contribution in [0.5, 0.6) is 0 Å². The normalized spacial score (nSPS) is 20.9. The zero-order chi connectivity index (χ0) is 13.8. The van der Waals surface area contributed by atoms with Crippen LogP contribution in [0.1, 0.15) is 27.7 Å². The third-order valence-electron chi connectivity index (χ3n) is 3.17. The van der Waals surface area contributed by atoms with Crippen LogP contribution in [0.3, 0.4) is 0 Å². The number of amides is 2. The molecule has 1 saturated heterocycles. The fourth-order valence-corrected chi connectivity index (χ4v) is 3.13. The van der Waals surface area contributed by atoms with E-state index in [2.05, 4.69) is 33.0 Å². The maximum atomic E-state index is 12.2. The van der Waals surface area contributed by atoms with Crippen molar-refractivity contribution in [3.8, 4) is 0 Å². The largest absolute Gasteiger partial charge is 0.383 e. The van der Waals surface area contributed by atoms with Gasteiger partial charge in [0.25, 0.3) is 0 Å². The number of carbonyl (C=O) groups is 1. The molecule has 0 radical (unpaired) electrons. The van der Waals surface area contributed by atoms with Crippen LogP contribution in [0, 0.1) is 5.92 Å². The van der Waals surface area contributed by atoms with Gasteiger partial charge in [-0.3, -0.25) is 0 Å². The van der Waals surface area contributed by atoms with Crippen molar-refractivity contribution in [3.05, 3.63) is 0 Å². The molecule has 0 saturated carbocycles. The smallest absolute Gasteiger partial charge is 0.317 e. The van der Waals surface area contributed by atoms with E-state index in [0.717, 1.165) is 18.8 Å². The summed E-state index contributed by atoms with van der Waals surface area (Å²) in [7, 11) is 1.67. The molecule has 1 rings (SSSR count). The molecule has 0 unspecified atom stereocenters. The average molecular weight is 274 g/mol. The van der Waals surface area contributed by atoms with Gasteiger partial charge in [-0.2, -0.15) is 11.8 Å². The van der Waals surface area contributed by atoms with Gasteiger partial charge in [0.2, 0.25) is 0 Å². The topological polar surface area (TPSA) is 41.6 Å². The summed E-state index contributed by atoms with van der Waals surface area (Å²) in [5, 5.41) is 3.08. The summed E-state index contributed by atoms with van der Waals surface area (Å²) in [6.07, 6.45) is 0. The summed E-state index contributed by atoms with van der Waals surface area (Å²) in [5.41, 5.74) is 0. The molecule has 1 aliphatic rings. The van der Waals surface area contributed by atoms with Crippen LogP contribution in [0.15, 0.2) is 0 Å². The Morgan fingerprint density at radius 1 is 1.50 bits per heavy atom. The van der Waals surface area contributed by atoms with Crippen molar-refractivity contribution >= 4 is 17.8 Å². The van der Waals surface area contributed by atoms with Crippen molar-refractivity contribution in [2.24, 2.45) is 5.92 Å². The Bertz CT molecular complexity index is 282. The van der Waals surface area contributed by atoms with Crippen molar-refractivity contribution < 1.29 is 9.53 Å². The fourth-order valence-electron chi connectivity index (χ4n) is 2.02. The molecule has 106 valence electrons. The van der Waals surface area contributed by atoms with Crippen molar-refractivity contribution in [3.63, 3.8) is 0 Å². The molecule has 1 aliphatic heterocycles. The summed E-state index contributed by atoms with van der Waals surface area (Å²) < 4.78 is 5.31. The first-order valence-corrected chi connectivity index (χ1v) is 7.52. The Hall–Kier alpha value is -0.420. The quantitative estimate of drug-likeness (QED) is 0.854. The monoisotopic (exact) mass is 274 g/mol. The predicted molar refractivity (Wildman–Crippen MR) is 77.1 cm³/mol. The first-order chi connectivity index (χ1) is 8.35. The van der Waals surface area contributed by atoms with Crippen LogP contribution < -0.4 is 5.32 Å². The van der Waals surface area contributed by atoms with Crippen molar-refractivity contribution in [2.75, 3.05) is 32.6 Å². The van der Waals surface area contributed by atoms with Crippen LogP contribution in [0.25, 0.3) is 0 Å². The van der Waals surface area contributed by atoms with Gasteiger partial charge in [0, 0.05) is 30.7 Å². The SMILES string of the molecule is COC[C@H](NC(=O)N1CCSC(C)(C)C1)C(C)C. The Labute approximate surface area is 115 Å². The average Bonchev–Trinajstić information content (AvgIpc) is 2.26. The Morgan fingerprint density at radius 2 is 2.17 bits per heavy atom. The summed E-state index contributed by atoms with van der Waals surface area (Å²) in [6, 6.07) is 0.124. The van der Waals surface area contributed by atoms with E-state index in [9.17, 15) is 4.79 Å². The lowest BCUT2D eigenvalue weighted by atomic mass is 10.1. The molecule has 0 aromatic rings. The lowest BCUT2D eigenvalue weighted by Crippen LogP contribution is -2.53. The van der Waals surface area contributed by atoms with Gasteiger partial charge in [0.15, 0.2) is 0 Å². The number of thioether (sulfide) groups is 1. The van der Waals surface area contributed by atoms with Crippen molar-refractivity contribution in [2.45, 2.75) is 38.5 Å². The van der Waals surface area contributed by atoms with Gasteiger partial charge in [0.05, 0.1) is 12.6 Å². The van der Waals surface area contributed by atoms with E-state index in [1.807, 2.05) is 16.7 Å². The molecule has 1 heterocycles. The van der Waals surface area contributed by atoms with Gasteiger partial charge in [-0.1, -0.05) is 13.8 Å². The molecule has 1 N–H and O–H groups in total. The second-order valence-corrected chi connectivity index (χ2v) is 7.59. The van der Waals surface area contributed by atoms with E-state index < -0.39 is 0 Å². The third-order valence-corrected chi connectivity index (χ3v) is 4.47. The second kappa shape index (κ2) is 6.66. The second-order valence-electron chi connectivity index (χ2n) is 5.79. The highest BCUT2D eigenvalue weighted by Crippen LogP contribution is 2.29. The van der Waals surface area contributed by atoms with Crippen molar-refractivity contribution in [1.82, 2.24) is 10.2 Å². The van der Waals surface area contributed by atoms with Crippen LogP contribution in [0.2, 0.25) is 0 Å². The summed E-state index contributed by atoms with van der Waals surface area (Å²) >= 11 is 1.93. The molecule has 4 nitrogen and oxygen atoms in total. The summed E-state index contributed by atoms with van der Waals surface area (Å²) in [5.74, 6) is 1.39. The number of nitrogens with zero attached hydrogens (tertiary/aromatic N) is 1. The molecule has 0 spiro atoms. The van der Waals surface area contributed by atoms with E-state index in [4.69, 9.17) is 4.74 Å². The first kappa shape index (κ1) is 15.6. The number of methoxy groups -OCH3 is 1. The predicted octanol–water partition coefficient (Wildman–Crippen LogP) is 2.19. The van der Waals surface area contributed by atoms with E-state index in [1.165, 1.54) is 0 Å². The summed E-state index contributed by atoms with van der Waals surface area (Å²) in [6.45, 7) is 10.8. The highest BCUT2D eigenvalue weighted by atomic mass is 32.2. The molecule has 0 aromatic carbocycles. The van der Waals surface area contributed by atoms with Crippen LogP contribution in [-0.2, 0) is 4.74 Å². The highest BCUT2D eigenvalue weighted by Gasteiger charge is 2.30. The first-order valence-electron chi connectivity index (χ1n) is 6.54. The molecule has 1 fully saturated rings. The third kappa shape index (κ3) is 4.69. The number of carbonyl (C=O) groups excluding carboxylic acids is 1. The molecule has 0 aromatic heterocycles. The number of hydrogen-bond donors (Lipinski definition) is 1. The van der Waals surface area contributed by atoms with Gasteiger partial charge >= 0.3 is 6.03 Å². The van der Waals surface area contributed by atoms with Gasteiger partial charge in [0.1, 0.15) is 0 Å². The minimum atomic E-state index is 0.0409. The van der Waals surface area contributed by atoms with E-state index in [-0.39, 0.29) is 16.8 Å². The molecule has 2 amide bonds. The van der Waals surface area contributed by atoms with E-state index in [1.54, 1.807) is 7.11 Å². The van der Waals surface area contributed by atoms with Gasteiger partial charge in [-0.05, 0) is 19.8 Å². The maximum Gasteiger partial charge on any atom is 0.317 e. The zero-order valence-corrected chi connectivity index (χ0v) is 13.0. The maximum absolute atomic E-state index is 12.2. The number of ether oxygens (including phenoxy) is 1. The van der Waals surface area contributed by atoms with Gasteiger partial charge in [-0.15, -0.1) is 0 Å². The highest BCUT2D eigenvalue weighted by molar-refractivity contribution is 8.00. The van der Waals surface area contributed by atoms with E-state index in [0.29, 0.717) is 12.5 Å². The lowest BCUT2D eigenvalue weighted by Gasteiger charge is -2.38. The van der Waals surface area contributed by atoms with E-state index >= 15 is 0 Å². The van der Waals surface area contributed by atoms with Gasteiger partial charge in [-0.25, -0.2) is 4.79 Å². The minimum absolute atomic E-state index is 0.0409. The number of urea groups is 1. The molecular formula is C13H26N2O2S. The van der Waals surface area contributed by atoms with Crippen LogP contribution in [-0.4, -0.2) is 54.3 Å². The van der Waals surface area contributed by atoms with Crippen molar-refractivity contribution in [1.29, 1.82) is 0 Å². The Kier molecular flexibility index (Phi) is 5.79. The molecule has 5 heteroatoms. The standard InChI is InChI=1S/C13H26N2O2S/c1-10(2)11(8-17-5)14-12(16)15-6-7-18-13(3,4)9-15/h10-11H,6-9H2,1-5H3,(H,14,16)/t11-/m0/s1. The fraction of sp³-hybridized carbons (Fsp3) is 0.923. The Morgan fingerprint density at radius 3 is 2.67 bits per heavy atom. The number of rotatable bonds is 4. The molecular weight excluding hydrogens is 248 g/mol. The molecule has 1 atom stereocenters. The Balaban J connectivity index is 2.53. The summed E-state index contributed by atoms with van der Waals surface area (Å²) in [4.78, 5) is 14.1. The van der Waals surface area contributed by atoms with Crippen LogP contribution in [0.4, 0.5) is 4.79 Å². The number of hydrogen-bond acceptors (Lipinski definition) is 3. The lowest BCUT2D eigenvalue weighted by molar-refractivity contribution is 0.138. The minimum Gasteiger partial charge on any atom is -0.383 e.